The van der Waals surface area contributed by atoms with Crippen LogP contribution in [0.25, 0.3) is 0 Å². The number of carboxylic acid groups (broad SMARTS) is 1. The number of aliphatic carboxylic acids is 1. The zero-order valence-electron chi connectivity index (χ0n) is 11.0. The third-order valence-corrected chi connectivity index (χ3v) is 3.68. The molecule has 0 unspecified atom stereocenters. The van der Waals surface area contributed by atoms with E-state index in [0.717, 1.165) is 6.92 Å². The minimum atomic E-state index is -3.58. The van der Waals surface area contributed by atoms with Gasteiger partial charge in [-0.3, -0.25) is 9.59 Å². The molecule has 112 valence electrons. The van der Waals surface area contributed by atoms with Gasteiger partial charge in [-0.15, -0.1) is 0 Å². The van der Waals surface area contributed by atoms with E-state index in [1.807, 2.05) is 0 Å². The van der Waals surface area contributed by atoms with Gasteiger partial charge in [-0.1, -0.05) is 0 Å². The van der Waals surface area contributed by atoms with E-state index in [-0.39, 0.29) is 12.4 Å². The molecule has 8 nitrogen and oxygen atoms in total. The molecule has 0 spiro atoms. The summed E-state index contributed by atoms with van der Waals surface area (Å²) in [6.07, 6.45) is 0.241. The lowest BCUT2D eigenvalue weighted by molar-refractivity contribution is -0.148. The smallest absolute Gasteiger partial charge is 0.310 e. The predicted molar refractivity (Wildman–Crippen MR) is 67.8 cm³/mol. The van der Waals surface area contributed by atoms with Crippen LogP contribution >= 0.6 is 0 Å². The van der Waals surface area contributed by atoms with Crippen molar-refractivity contribution >= 4 is 22.0 Å². The number of esters is 1. The number of carbonyl (C=O) groups is 2. The number of hydrogen-bond acceptors (Lipinski definition) is 6. The van der Waals surface area contributed by atoms with E-state index in [9.17, 15) is 13.2 Å². The number of nitrogens with two attached hydrogens (primary N) is 1. The third-order valence-electron chi connectivity index (χ3n) is 2.39. The second-order valence-electron chi connectivity index (χ2n) is 4.07. The van der Waals surface area contributed by atoms with E-state index in [0.29, 0.717) is 19.7 Å². The Hall–Kier alpha value is -1.19. The van der Waals surface area contributed by atoms with E-state index in [1.54, 1.807) is 6.92 Å². The molecule has 0 aliphatic carbocycles. The average Bonchev–Trinajstić information content (AvgIpc) is 2.27. The van der Waals surface area contributed by atoms with Crippen LogP contribution in [0.15, 0.2) is 0 Å². The number of carboxylic acids is 1. The summed E-state index contributed by atoms with van der Waals surface area (Å²) in [5, 5.41) is 14.6. The predicted octanol–water partition coefficient (Wildman–Crippen LogP) is -1.09. The average molecular weight is 296 g/mol. The molecule has 0 saturated carbocycles. The maximum atomic E-state index is 11.4. The SMILES string of the molecule is CC(=O)O.CCOC(=O)[C@H]1CNC[C@H](S(N)(=O)=O)C1. The Morgan fingerprint density at radius 3 is 2.37 bits per heavy atom. The molecule has 1 rings (SSSR count). The molecule has 0 amide bonds. The number of ether oxygens (including phenoxy) is 1. The molecule has 4 N–H and O–H groups in total. The van der Waals surface area contributed by atoms with Crippen LogP contribution in [0.3, 0.4) is 0 Å². The highest BCUT2D eigenvalue weighted by Gasteiger charge is 2.33. The van der Waals surface area contributed by atoms with Crippen LogP contribution in [0.1, 0.15) is 20.3 Å². The summed E-state index contributed by atoms with van der Waals surface area (Å²) >= 11 is 0. The van der Waals surface area contributed by atoms with Gasteiger partial charge >= 0.3 is 5.97 Å². The highest BCUT2D eigenvalue weighted by molar-refractivity contribution is 7.89. The Kier molecular flexibility index (Phi) is 7.57. The van der Waals surface area contributed by atoms with Crippen molar-refractivity contribution in [2.24, 2.45) is 11.1 Å². The molecule has 19 heavy (non-hydrogen) atoms. The maximum Gasteiger partial charge on any atom is 0.310 e. The molecule has 2 atom stereocenters. The molecular formula is C10H20N2O6S. The Labute approximate surface area is 112 Å². The first kappa shape index (κ1) is 17.8. The van der Waals surface area contributed by atoms with Gasteiger partial charge < -0.3 is 15.2 Å². The van der Waals surface area contributed by atoms with Gasteiger partial charge in [-0.05, 0) is 13.3 Å². The van der Waals surface area contributed by atoms with Crippen molar-refractivity contribution in [1.82, 2.24) is 5.32 Å². The van der Waals surface area contributed by atoms with E-state index in [1.165, 1.54) is 0 Å². The first-order chi connectivity index (χ1) is 8.68. The van der Waals surface area contributed by atoms with E-state index < -0.39 is 27.2 Å². The Morgan fingerprint density at radius 1 is 1.42 bits per heavy atom. The summed E-state index contributed by atoms with van der Waals surface area (Å²) < 4.78 is 27.0. The van der Waals surface area contributed by atoms with Gasteiger partial charge in [0.2, 0.25) is 10.0 Å². The fourth-order valence-electron chi connectivity index (χ4n) is 1.59. The van der Waals surface area contributed by atoms with Crippen LogP contribution in [0.2, 0.25) is 0 Å². The first-order valence-corrected chi connectivity index (χ1v) is 7.37. The largest absolute Gasteiger partial charge is 0.481 e. The lowest BCUT2D eigenvalue weighted by atomic mass is 10.00. The summed E-state index contributed by atoms with van der Waals surface area (Å²) in [5.41, 5.74) is 0. The fourth-order valence-corrected chi connectivity index (χ4v) is 2.44. The molecule has 1 aliphatic rings. The molecule has 0 aromatic carbocycles. The lowest BCUT2D eigenvalue weighted by Gasteiger charge is -2.26. The zero-order valence-corrected chi connectivity index (χ0v) is 11.8. The molecule has 0 aromatic heterocycles. The molecule has 0 aromatic rings. The molecular weight excluding hydrogens is 276 g/mol. The van der Waals surface area contributed by atoms with Crippen LogP contribution < -0.4 is 10.5 Å². The molecule has 0 radical (unpaired) electrons. The van der Waals surface area contributed by atoms with Gasteiger partial charge in [0.25, 0.3) is 5.97 Å². The number of nitrogens with one attached hydrogen (secondary N) is 1. The number of sulfonamides is 1. The Morgan fingerprint density at radius 2 is 1.95 bits per heavy atom. The Bertz CT molecular complexity index is 404. The highest BCUT2D eigenvalue weighted by atomic mass is 32.2. The quantitative estimate of drug-likeness (QED) is 0.563. The molecule has 1 fully saturated rings. The van der Waals surface area contributed by atoms with E-state index in [4.69, 9.17) is 19.8 Å². The second-order valence-corrected chi connectivity index (χ2v) is 5.92. The molecule has 1 saturated heterocycles. The van der Waals surface area contributed by atoms with Crippen LogP contribution in [-0.4, -0.2) is 50.4 Å². The number of rotatable bonds is 3. The zero-order chi connectivity index (χ0) is 15.1. The van der Waals surface area contributed by atoms with Gasteiger partial charge in [0.15, 0.2) is 0 Å². The van der Waals surface area contributed by atoms with Crippen molar-refractivity contribution in [2.75, 3.05) is 19.7 Å². The van der Waals surface area contributed by atoms with Gasteiger partial charge in [-0.25, -0.2) is 13.6 Å². The summed E-state index contributed by atoms with van der Waals surface area (Å²) in [5.74, 6) is -1.61. The van der Waals surface area contributed by atoms with E-state index >= 15 is 0 Å². The second kappa shape index (κ2) is 8.08. The van der Waals surface area contributed by atoms with Crippen molar-refractivity contribution in [1.29, 1.82) is 0 Å². The maximum absolute atomic E-state index is 11.4. The van der Waals surface area contributed by atoms with Gasteiger partial charge in [0.05, 0.1) is 17.8 Å². The van der Waals surface area contributed by atoms with Gasteiger partial charge in [0, 0.05) is 20.0 Å². The number of hydrogen-bond donors (Lipinski definition) is 3. The number of piperidine rings is 1. The minimum absolute atomic E-state index is 0.241. The summed E-state index contributed by atoms with van der Waals surface area (Å²) in [7, 11) is -3.58. The van der Waals surface area contributed by atoms with Crippen molar-refractivity contribution in [2.45, 2.75) is 25.5 Å². The van der Waals surface area contributed by atoms with Crippen molar-refractivity contribution in [3.8, 4) is 0 Å². The normalized spacial score (nSPS) is 22.9. The first-order valence-electron chi connectivity index (χ1n) is 5.77. The summed E-state index contributed by atoms with van der Waals surface area (Å²) in [4.78, 5) is 20.4. The molecule has 1 heterocycles. The van der Waals surface area contributed by atoms with E-state index in [2.05, 4.69) is 5.32 Å². The standard InChI is InChI=1S/C8H16N2O4S.C2H4O2/c1-2-14-8(11)6-3-7(5-10-4-6)15(9,12)13;1-2(3)4/h6-7,10H,2-5H2,1H3,(H2,9,12,13);1H3,(H,3,4)/t6-,7-;/m1./s1. The van der Waals surface area contributed by atoms with Crippen molar-refractivity contribution < 1.29 is 27.9 Å². The Balaban J connectivity index is 0.000000711. The van der Waals surface area contributed by atoms with Crippen molar-refractivity contribution in [3.63, 3.8) is 0 Å². The van der Waals surface area contributed by atoms with Crippen LogP contribution in [0, 0.1) is 5.92 Å². The molecule has 9 heteroatoms. The van der Waals surface area contributed by atoms with Gasteiger partial charge in [0.1, 0.15) is 0 Å². The number of carbonyl (C=O) groups excluding carboxylic acids is 1. The number of primary sulfonamides is 1. The van der Waals surface area contributed by atoms with Crippen molar-refractivity contribution in [3.05, 3.63) is 0 Å². The topological polar surface area (TPSA) is 136 Å². The van der Waals surface area contributed by atoms with Gasteiger partial charge in [-0.2, -0.15) is 0 Å². The highest BCUT2D eigenvalue weighted by Crippen LogP contribution is 2.16. The monoisotopic (exact) mass is 296 g/mol. The summed E-state index contributed by atoms with van der Waals surface area (Å²) in [6, 6.07) is 0. The summed E-state index contributed by atoms with van der Waals surface area (Å²) in [6.45, 7) is 3.85. The third kappa shape index (κ3) is 7.75. The lowest BCUT2D eigenvalue weighted by Crippen LogP contribution is -2.48. The fraction of sp³-hybridized carbons (Fsp3) is 0.800. The van der Waals surface area contributed by atoms with Crippen LogP contribution in [-0.2, 0) is 24.3 Å². The molecule has 1 aliphatic heterocycles. The molecule has 0 bridgehead atoms. The van der Waals surface area contributed by atoms with Crippen LogP contribution in [0.4, 0.5) is 0 Å². The van der Waals surface area contributed by atoms with Crippen LogP contribution in [0.5, 0.6) is 0 Å². The minimum Gasteiger partial charge on any atom is -0.481 e.